The van der Waals surface area contributed by atoms with Gasteiger partial charge in [-0.25, -0.2) is 4.90 Å². The van der Waals surface area contributed by atoms with E-state index < -0.39 is 17.1 Å². The minimum atomic E-state index is -0.630. The van der Waals surface area contributed by atoms with Crippen LogP contribution >= 0.6 is 23.1 Å². The Kier molecular flexibility index (Phi) is 4.86. The van der Waals surface area contributed by atoms with Crippen LogP contribution in [0.3, 0.4) is 0 Å². The van der Waals surface area contributed by atoms with Crippen molar-refractivity contribution < 1.29 is 19.1 Å². The van der Waals surface area contributed by atoms with Crippen molar-refractivity contribution in [3.8, 4) is 11.5 Å². The Bertz CT molecular complexity index is 1240. The van der Waals surface area contributed by atoms with E-state index in [4.69, 9.17) is 9.47 Å². The molecule has 0 bridgehead atoms. The topological polar surface area (TPSA) is 88.7 Å². The lowest BCUT2D eigenvalue weighted by atomic mass is 9.83. The maximum absolute atomic E-state index is 13.6. The number of hydrogen-bond donors (Lipinski definition) is 1. The first kappa shape index (κ1) is 19.9. The van der Waals surface area contributed by atoms with Gasteiger partial charge in [-0.05, 0) is 29.8 Å². The lowest BCUT2D eigenvalue weighted by Gasteiger charge is -2.30. The number of thiazole rings is 1. The number of nitrogens with one attached hydrogen (secondary N) is 1. The quantitative estimate of drug-likeness (QED) is 0.609. The molecule has 3 aromatic rings. The molecular formula is C22H18N2O5S2. The van der Waals surface area contributed by atoms with Gasteiger partial charge in [0.15, 0.2) is 11.5 Å². The van der Waals surface area contributed by atoms with Crippen molar-refractivity contribution in [2.45, 2.75) is 16.2 Å². The second-order valence-electron chi connectivity index (χ2n) is 7.21. The lowest BCUT2D eigenvalue weighted by Crippen LogP contribution is -2.32. The molecule has 2 unspecified atom stereocenters. The molecule has 1 N–H and O–H groups in total. The van der Waals surface area contributed by atoms with E-state index in [1.54, 1.807) is 44.6 Å². The number of anilines is 1. The molecule has 2 aliphatic heterocycles. The fraction of sp³-hybridized carbons (Fsp3) is 0.227. The van der Waals surface area contributed by atoms with E-state index in [-0.39, 0.29) is 16.7 Å². The zero-order valence-electron chi connectivity index (χ0n) is 16.7. The first-order valence-corrected chi connectivity index (χ1v) is 11.3. The molecule has 158 valence electrons. The summed E-state index contributed by atoms with van der Waals surface area (Å²) in [6.45, 7) is 0. The van der Waals surface area contributed by atoms with Crippen LogP contribution in [0.2, 0.25) is 0 Å². The van der Waals surface area contributed by atoms with Gasteiger partial charge in [-0.3, -0.25) is 14.4 Å². The molecule has 1 aromatic heterocycles. The van der Waals surface area contributed by atoms with Gasteiger partial charge in [0, 0.05) is 10.8 Å². The van der Waals surface area contributed by atoms with E-state index in [2.05, 4.69) is 4.98 Å². The van der Waals surface area contributed by atoms with Crippen molar-refractivity contribution in [3.05, 3.63) is 68.6 Å². The lowest BCUT2D eigenvalue weighted by molar-refractivity contribution is -0.122. The van der Waals surface area contributed by atoms with Gasteiger partial charge >= 0.3 is 4.87 Å². The van der Waals surface area contributed by atoms with Crippen molar-refractivity contribution in [1.82, 2.24) is 4.98 Å². The molecular weight excluding hydrogens is 436 g/mol. The van der Waals surface area contributed by atoms with Crippen LogP contribution in [-0.2, 0) is 9.59 Å². The minimum Gasteiger partial charge on any atom is -0.493 e. The van der Waals surface area contributed by atoms with Crippen molar-refractivity contribution in [1.29, 1.82) is 0 Å². The molecule has 7 nitrogen and oxygen atoms in total. The number of imide groups is 1. The van der Waals surface area contributed by atoms with E-state index >= 15 is 0 Å². The molecule has 0 spiro atoms. The number of hydrogen-bond acceptors (Lipinski definition) is 7. The number of para-hydroxylation sites is 1. The van der Waals surface area contributed by atoms with Crippen LogP contribution in [0.1, 0.15) is 16.4 Å². The molecule has 2 amide bonds. The summed E-state index contributed by atoms with van der Waals surface area (Å²) in [5.41, 5.74) is 1.34. The predicted octanol–water partition coefficient (Wildman–Crippen LogP) is 3.25. The number of H-pyrrole nitrogens is 1. The summed E-state index contributed by atoms with van der Waals surface area (Å²) in [5.74, 6) is -0.523. The molecule has 2 aliphatic rings. The number of aromatic amines is 1. The van der Waals surface area contributed by atoms with E-state index in [0.717, 1.165) is 21.8 Å². The number of methoxy groups -OCH3 is 2. The predicted molar refractivity (Wildman–Crippen MR) is 118 cm³/mol. The van der Waals surface area contributed by atoms with E-state index in [1.807, 2.05) is 18.2 Å². The largest absolute Gasteiger partial charge is 0.493 e. The van der Waals surface area contributed by atoms with Crippen LogP contribution in [0.15, 0.2) is 58.4 Å². The van der Waals surface area contributed by atoms with Crippen LogP contribution in [0.25, 0.3) is 0 Å². The summed E-state index contributed by atoms with van der Waals surface area (Å²) in [7, 11) is 3.10. The number of benzene rings is 2. The number of nitrogens with zero attached hydrogens (tertiary/aromatic N) is 1. The van der Waals surface area contributed by atoms with Gasteiger partial charge in [0.1, 0.15) is 5.25 Å². The first-order chi connectivity index (χ1) is 15.0. The third kappa shape index (κ3) is 3.07. The Morgan fingerprint density at radius 3 is 2.39 bits per heavy atom. The Hall–Kier alpha value is -3.04. The maximum Gasteiger partial charge on any atom is 0.305 e. The number of fused-ring (bicyclic) bond motifs is 2. The van der Waals surface area contributed by atoms with Crippen LogP contribution in [0, 0.1) is 5.92 Å². The number of thioether (sulfide) groups is 1. The van der Waals surface area contributed by atoms with Crippen molar-refractivity contribution >= 4 is 40.6 Å². The highest BCUT2D eigenvalue weighted by Crippen LogP contribution is 2.53. The third-order valence-corrected chi connectivity index (χ3v) is 8.01. The molecule has 0 radical (unpaired) electrons. The monoisotopic (exact) mass is 454 g/mol. The van der Waals surface area contributed by atoms with E-state index in [9.17, 15) is 14.4 Å². The number of aromatic nitrogens is 1. The number of ether oxygens (including phenoxy) is 2. The van der Waals surface area contributed by atoms with Gasteiger partial charge < -0.3 is 14.5 Å². The van der Waals surface area contributed by atoms with Crippen molar-refractivity contribution in [3.63, 3.8) is 0 Å². The molecule has 1 saturated heterocycles. The summed E-state index contributed by atoms with van der Waals surface area (Å²) in [4.78, 5) is 43.7. The van der Waals surface area contributed by atoms with Crippen LogP contribution in [-0.4, -0.2) is 36.3 Å². The Balaban J connectivity index is 1.66. The second-order valence-corrected chi connectivity index (χ2v) is 9.38. The molecule has 0 saturated carbocycles. The number of rotatable bonds is 4. The summed E-state index contributed by atoms with van der Waals surface area (Å²) >= 11 is 2.34. The summed E-state index contributed by atoms with van der Waals surface area (Å²) in [6, 6.07) is 14.4. The highest BCUT2D eigenvalue weighted by molar-refractivity contribution is 8.00. The average molecular weight is 455 g/mol. The Morgan fingerprint density at radius 2 is 1.68 bits per heavy atom. The molecule has 1 fully saturated rings. The second kappa shape index (κ2) is 7.58. The van der Waals surface area contributed by atoms with Crippen molar-refractivity contribution in [2.75, 3.05) is 19.1 Å². The van der Waals surface area contributed by atoms with Gasteiger partial charge in [-0.15, -0.1) is 0 Å². The summed E-state index contributed by atoms with van der Waals surface area (Å²) in [5, 5.41) is 0.0237. The van der Waals surface area contributed by atoms with Gasteiger partial charge in [0.05, 0.1) is 30.9 Å². The molecule has 5 rings (SSSR count). The van der Waals surface area contributed by atoms with E-state index in [1.165, 1.54) is 16.7 Å². The number of carbonyl (C=O) groups is 2. The molecule has 9 heteroatoms. The molecule has 0 aliphatic carbocycles. The maximum atomic E-state index is 13.6. The molecule has 2 aromatic carbocycles. The normalized spacial score (nSPS) is 22.3. The smallest absolute Gasteiger partial charge is 0.305 e. The van der Waals surface area contributed by atoms with E-state index in [0.29, 0.717) is 22.2 Å². The fourth-order valence-electron chi connectivity index (χ4n) is 4.25. The van der Waals surface area contributed by atoms with Crippen LogP contribution < -0.4 is 19.2 Å². The average Bonchev–Trinajstić information content (AvgIpc) is 3.28. The highest BCUT2D eigenvalue weighted by atomic mass is 32.2. The van der Waals surface area contributed by atoms with Crippen LogP contribution in [0.5, 0.6) is 11.5 Å². The first-order valence-electron chi connectivity index (χ1n) is 9.58. The number of carbonyl (C=O) groups excluding carboxylic acids is 2. The molecule has 3 heterocycles. The summed E-state index contributed by atoms with van der Waals surface area (Å²) in [6.07, 6.45) is 0. The highest BCUT2D eigenvalue weighted by Gasteiger charge is 2.56. The molecule has 31 heavy (non-hydrogen) atoms. The minimum absolute atomic E-state index is 0.206. The van der Waals surface area contributed by atoms with Gasteiger partial charge in [0.2, 0.25) is 11.8 Å². The molecule has 3 atom stereocenters. The van der Waals surface area contributed by atoms with Gasteiger partial charge in [-0.1, -0.05) is 47.4 Å². The SMILES string of the molecule is COc1ccc([C@H]2c3sc(=O)[nH]c3SC3C(=O)N(c4ccccc4)C(=O)C32)cc1OC. The number of amides is 2. The summed E-state index contributed by atoms with van der Waals surface area (Å²) < 4.78 is 10.8. The fourth-order valence-corrected chi connectivity index (χ4v) is 6.77. The van der Waals surface area contributed by atoms with Crippen LogP contribution in [0.4, 0.5) is 5.69 Å². The third-order valence-electron chi connectivity index (χ3n) is 5.61. The zero-order chi connectivity index (χ0) is 21.7. The van der Waals surface area contributed by atoms with Crippen molar-refractivity contribution in [2.24, 2.45) is 5.92 Å². The zero-order valence-corrected chi connectivity index (χ0v) is 18.3. The van der Waals surface area contributed by atoms with Gasteiger partial charge in [-0.2, -0.15) is 0 Å². The van der Waals surface area contributed by atoms with Gasteiger partial charge in [0.25, 0.3) is 0 Å². The Morgan fingerprint density at radius 1 is 0.935 bits per heavy atom. The Labute approximate surface area is 186 Å². The standard InChI is InChI=1S/C22H18N2O5S2/c1-28-13-9-8-11(10-14(13)29-2)15-16-18(30-19-17(15)31-22(27)23-19)21(26)24(20(16)25)12-6-4-3-5-7-12/h3-10,15-16,18H,1-2H3,(H,23,27)/t15-,16?,18?/m1/s1.